The van der Waals surface area contributed by atoms with Gasteiger partial charge in [-0.05, 0) is 62.3 Å². The number of carbonyl (C=O) groups excluding carboxylic acids is 1. The third-order valence-corrected chi connectivity index (χ3v) is 5.85. The summed E-state index contributed by atoms with van der Waals surface area (Å²) in [6.45, 7) is 9.21. The summed E-state index contributed by atoms with van der Waals surface area (Å²) >= 11 is 1.71. The maximum Gasteiger partial charge on any atom is 0.224 e. The Labute approximate surface area is 165 Å². The van der Waals surface area contributed by atoms with Crippen molar-refractivity contribution in [1.29, 1.82) is 0 Å². The van der Waals surface area contributed by atoms with Gasteiger partial charge < -0.3 is 9.73 Å². The summed E-state index contributed by atoms with van der Waals surface area (Å²) < 4.78 is 5.67. The molecule has 5 heteroatoms. The summed E-state index contributed by atoms with van der Waals surface area (Å²) in [7, 11) is 0. The molecule has 144 valence electrons. The van der Waals surface area contributed by atoms with E-state index in [1.165, 1.54) is 16.1 Å². The summed E-state index contributed by atoms with van der Waals surface area (Å²) in [5.41, 5.74) is 5.45. The molecule has 0 saturated carbocycles. The SMILES string of the molecule is Cc1csc(CCCCNC(=O)Cc2coc3cc(C)c(C(C)C)cc23)n1. The Morgan fingerprint density at radius 3 is 2.78 bits per heavy atom. The fraction of sp³-hybridized carbons (Fsp3) is 0.455. The van der Waals surface area contributed by atoms with E-state index in [9.17, 15) is 4.79 Å². The predicted molar refractivity (Wildman–Crippen MR) is 112 cm³/mol. The van der Waals surface area contributed by atoms with E-state index < -0.39 is 0 Å². The van der Waals surface area contributed by atoms with Gasteiger partial charge in [0.25, 0.3) is 0 Å². The molecular formula is C22H28N2O2S. The lowest BCUT2D eigenvalue weighted by Gasteiger charge is -2.10. The van der Waals surface area contributed by atoms with E-state index in [-0.39, 0.29) is 5.91 Å². The van der Waals surface area contributed by atoms with E-state index in [0.29, 0.717) is 18.9 Å². The Morgan fingerprint density at radius 2 is 2.07 bits per heavy atom. The number of nitrogens with one attached hydrogen (secondary N) is 1. The van der Waals surface area contributed by atoms with Crippen molar-refractivity contribution in [2.75, 3.05) is 6.54 Å². The highest BCUT2D eigenvalue weighted by atomic mass is 32.1. The molecule has 2 aromatic heterocycles. The quantitative estimate of drug-likeness (QED) is 0.535. The van der Waals surface area contributed by atoms with Crippen LogP contribution in [-0.4, -0.2) is 17.4 Å². The molecule has 4 nitrogen and oxygen atoms in total. The molecule has 0 fully saturated rings. The number of thiazole rings is 1. The number of aromatic nitrogens is 1. The minimum Gasteiger partial charge on any atom is -0.464 e. The van der Waals surface area contributed by atoms with Crippen LogP contribution in [0.25, 0.3) is 11.0 Å². The fourth-order valence-electron chi connectivity index (χ4n) is 3.39. The molecular weight excluding hydrogens is 356 g/mol. The number of amides is 1. The van der Waals surface area contributed by atoms with E-state index in [4.69, 9.17) is 4.42 Å². The number of unbranched alkanes of at least 4 members (excludes halogenated alkanes) is 1. The first-order valence-corrected chi connectivity index (χ1v) is 10.5. The van der Waals surface area contributed by atoms with Crippen LogP contribution in [-0.2, 0) is 17.6 Å². The molecule has 1 aromatic carbocycles. The smallest absolute Gasteiger partial charge is 0.224 e. The molecule has 3 rings (SSSR count). The van der Waals surface area contributed by atoms with Crippen molar-refractivity contribution in [2.45, 2.75) is 59.3 Å². The second-order valence-corrected chi connectivity index (χ2v) is 8.43. The lowest BCUT2D eigenvalue weighted by atomic mass is 9.95. The Hall–Kier alpha value is -2.14. The molecule has 1 N–H and O–H groups in total. The molecule has 0 atom stereocenters. The molecule has 0 radical (unpaired) electrons. The van der Waals surface area contributed by atoms with Gasteiger partial charge in [-0.25, -0.2) is 4.98 Å². The normalized spacial score (nSPS) is 11.4. The number of aryl methyl sites for hydroxylation is 3. The van der Waals surface area contributed by atoms with Crippen LogP contribution < -0.4 is 5.32 Å². The van der Waals surface area contributed by atoms with E-state index in [1.54, 1.807) is 17.6 Å². The van der Waals surface area contributed by atoms with Crippen LogP contribution in [0.5, 0.6) is 0 Å². The highest BCUT2D eigenvalue weighted by Gasteiger charge is 2.13. The van der Waals surface area contributed by atoms with Crippen LogP contribution in [0.2, 0.25) is 0 Å². The van der Waals surface area contributed by atoms with Crippen LogP contribution in [0.4, 0.5) is 0 Å². The minimum atomic E-state index is 0.0504. The van der Waals surface area contributed by atoms with Gasteiger partial charge >= 0.3 is 0 Å². The van der Waals surface area contributed by atoms with Crippen LogP contribution in [0.1, 0.15) is 60.0 Å². The number of nitrogens with zero attached hydrogens (tertiary/aromatic N) is 1. The first-order chi connectivity index (χ1) is 12.9. The number of carbonyl (C=O) groups is 1. The van der Waals surface area contributed by atoms with Crippen molar-refractivity contribution in [1.82, 2.24) is 10.3 Å². The van der Waals surface area contributed by atoms with Gasteiger partial charge in [0.15, 0.2) is 0 Å². The first-order valence-electron chi connectivity index (χ1n) is 9.62. The Morgan fingerprint density at radius 1 is 1.26 bits per heavy atom. The predicted octanol–water partition coefficient (Wildman–Crippen LogP) is 5.31. The number of fused-ring (bicyclic) bond motifs is 1. The highest BCUT2D eigenvalue weighted by molar-refractivity contribution is 7.09. The van der Waals surface area contributed by atoms with Crippen molar-refractivity contribution in [3.05, 3.63) is 51.2 Å². The number of benzene rings is 1. The summed E-state index contributed by atoms with van der Waals surface area (Å²) in [4.78, 5) is 16.8. The van der Waals surface area contributed by atoms with Gasteiger partial charge in [-0.2, -0.15) is 0 Å². The van der Waals surface area contributed by atoms with E-state index in [2.05, 4.69) is 48.6 Å². The van der Waals surface area contributed by atoms with E-state index >= 15 is 0 Å². The van der Waals surface area contributed by atoms with Crippen LogP contribution in [0.3, 0.4) is 0 Å². The largest absolute Gasteiger partial charge is 0.464 e. The minimum absolute atomic E-state index is 0.0504. The maximum atomic E-state index is 12.3. The van der Waals surface area contributed by atoms with Gasteiger partial charge in [-0.15, -0.1) is 11.3 Å². The number of hydrogen-bond acceptors (Lipinski definition) is 4. The lowest BCUT2D eigenvalue weighted by Crippen LogP contribution is -2.26. The zero-order valence-electron chi connectivity index (χ0n) is 16.6. The number of rotatable bonds is 8. The Bertz CT molecular complexity index is 924. The van der Waals surface area contributed by atoms with Crippen LogP contribution in [0.15, 0.2) is 28.2 Å². The summed E-state index contributed by atoms with van der Waals surface area (Å²) in [6, 6.07) is 4.25. The average molecular weight is 385 g/mol. The van der Waals surface area contributed by atoms with Gasteiger partial charge in [0.1, 0.15) is 5.58 Å². The van der Waals surface area contributed by atoms with Gasteiger partial charge in [0, 0.05) is 28.6 Å². The molecule has 0 saturated heterocycles. The third kappa shape index (κ3) is 4.98. The van der Waals surface area contributed by atoms with E-state index in [1.807, 2.05) is 6.92 Å². The molecule has 3 aromatic rings. The van der Waals surface area contributed by atoms with Crippen LogP contribution >= 0.6 is 11.3 Å². The molecule has 1 amide bonds. The average Bonchev–Trinajstić information content (AvgIpc) is 3.19. The van der Waals surface area contributed by atoms with Gasteiger partial charge in [0.05, 0.1) is 17.7 Å². The molecule has 2 heterocycles. The molecule has 0 aliphatic rings. The zero-order valence-corrected chi connectivity index (χ0v) is 17.4. The van der Waals surface area contributed by atoms with Crippen molar-refractivity contribution < 1.29 is 9.21 Å². The van der Waals surface area contributed by atoms with E-state index in [0.717, 1.165) is 41.5 Å². The van der Waals surface area contributed by atoms with Crippen LogP contribution in [0, 0.1) is 13.8 Å². The van der Waals surface area contributed by atoms with Crippen molar-refractivity contribution >= 4 is 28.2 Å². The standard InChI is InChI=1S/C22H28N2O2S/c1-14(2)18-11-19-17(12-26-20(19)9-15(18)3)10-21(25)23-8-6-5-7-22-24-16(4)13-27-22/h9,11-14H,5-8,10H2,1-4H3,(H,23,25). The van der Waals surface area contributed by atoms with Crippen molar-refractivity contribution in [2.24, 2.45) is 0 Å². The van der Waals surface area contributed by atoms with Gasteiger partial charge in [0.2, 0.25) is 5.91 Å². The van der Waals surface area contributed by atoms with Crippen molar-refractivity contribution in [3.63, 3.8) is 0 Å². The molecule has 0 bridgehead atoms. The topological polar surface area (TPSA) is 55.1 Å². The monoisotopic (exact) mass is 384 g/mol. The maximum absolute atomic E-state index is 12.3. The molecule has 0 aliphatic carbocycles. The second kappa shape index (κ2) is 8.70. The molecule has 0 unspecified atom stereocenters. The highest BCUT2D eigenvalue weighted by Crippen LogP contribution is 2.29. The fourth-order valence-corrected chi connectivity index (χ4v) is 4.20. The molecule has 0 spiro atoms. The van der Waals surface area contributed by atoms with Gasteiger partial charge in [-0.1, -0.05) is 13.8 Å². The third-order valence-electron chi connectivity index (χ3n) is 4.82. The Balaban J connectivity index is 1.51. The Kier molecular flexibility index (Phi) is 6.32. The summed E-state index contributed by atoms with van der Waals surface area (Å²) in [5.74, 6) is 0.502. The second-order valence-electron chi connectivity index (χ2n) is 7.49. The zero-order chi connectivity index (χ0) is 19.4. The van der Waals surface area contributed by atoms with Gasteiger partial charge in [-0.3, -0.25) is 4.79 Å². The van der Waals surface area contributed by atoms with Crippen molar-refractivity contribution in [3.8, 4) is 0 Å². The summed E-state index contributed by atoms with van der Waals surface area (Å²) in [6.07, 6.45) is 5.07. The number of furan rings is 1. The molecule has 27 heavy (non-hydrogen) atoms. The first kappa shape index (κ1) is 19.6. The molecule has 0 aliphatic heterocycles. The number of hydrogen-bond donors (Lipinski definition) is 1. The summed E-state index contributed by atoms with van der Waals surface area (Å²) in [5, 5.41) is 7.34. The lowest BCUT2D eigenvalue weighted by molar-refractivity contribution is -0.120.